The van der Waals surface area contributed by atoms with Gasteiger partial charge in [0.15, 0.2) is 0 Å². The summed E-state index contributed by atoms with van der Waals surface area (Å²) in [5.74, 6) is -0.00635. The minimum Gasteiger partial charge on any atom is -0.496 e. The monoisotopic (exact) mass is 419 g/mol. The summed E-state index contributed by atoms with van der Waals surface area (Å²) in [6.45, 7) is 0. The molecule has 31 heavy (non-hydrogen) atoms. The number of ether oxygens (including phenoxy) is 1. The number of nitro groups is 2. The zero-order valence-corrected chi connectivity index (χ0v) is 16.0. The molecule has 10 nitrogen and oxygen atoms in total. The van der Waals surface area contributed by atoms with Gasteiger partial charge in [-0.3, -0.25) is 25.0 Å². The molecule has 3 aromatic rings. The molecule has 0 atom stereocenters. The van der Waals surface area contributed by atoms with Crippen molar-refractivity contribution in [2.75, 3.05) is 7.11 Å². The number of allylic oxidation sites excluding steroid dienone is 1. The van der Waals surface area contributed by atoms with Crippen LogP contribution in [0.4, 0.5) is 11.4 Å². The van der Waals surface area contributed by atoms with Gasteiger partial charge in [-0.1, -0.05) is 12.1 Å². The Labute approximate surface area is 174 Å². The van der Waals surface area contributed by atoms with E-state index in [9.17, 15) is 30.3 Å². The molecule has 0 spiro atoms. The summed E-state index contributed by atoms with van der Waals surface area (Å²) in [6.07, 6.45) is 1.21. The van der Waals surface area contributed by atoms with Crippen LogP contribution in [-0.2, 0) is 0 Å². The number of furan rings is 1. The highest BCUT2D eigenvalue weighted by atomic mass is 16.6. The number of hydrogen-bond acceptors (Lipinski definition) is 8. The van der Waals surface area contributed by atoms with E-state index in [1.54, 1.807) is 12.1 Å². The second kappa shape index (κ2) is 8.71. The molecule has 0 aliphatic heterocycles. The van der Waals surface area contributed by atoms with Gasteiger partial charge in [-0.2, -0.15) is 5.26 Å². The quantitative estimate of drug-likeness (QED) is 0.178. The maximum Gasteiger partial charge on any atom is 0.273 e. The van der Waals surface area contributed by atoms with Crippen LogP contribution < -0.4 is 4.74 Å². The standard InChI is InChI=1S/C21H13N3O7/c1-30-20-11-16(24(28)29)5-7-18(20)19-8-6-17(31-19)10-14(12-22)21(25)13-3-2-4-15(9-13)23(26)27/h2-11H,1H3/b14-10+. The first-order chi connectivity index (χ1) is 14.8. The van der Waals surface area contributed by atoms with E-state index in [2.05, 4.69) is 0 Å². The predicted molar refractivity (Wildman–Crippen MR) is 108 cm³/mol. The lowest BCUT2D eigenvalue weighted by Crippen LogP contribution is -2.02. The molecule has 1 heterocycles. The number of hydrogen-bond donors (Lipinski definition) is 0. The average Bonchev–Trinajstić information content (AvgIpc) is 3.24. The third-order valence-corrected chi connectivity index (χ3v) is 4.26. The van der Waals surface area contributed by atoms with E-state index in [0.29, 0.717) is 11.3 Å². The fourth-order valence-corrected chi connectivity index (χ4v) is 2.78. The molecule has 0 unspecified atom stereocenters. The van der Waals surface area contributed by atoms with Crippen LogP contribution in [0.5, 0.6) is 5.75 Å². The molecule has 0 aliphatic rings. The Kier molecular flexibility index (Phi) is 5.88. The molecule has 2 aromatic carbocycles. The Morgan fingerprint density at radius 2 is 1.77 bits per heavy atom. The summed E-state index contributed by atoms with van der Waals surface area (Å²) in [5.41, 5.74) is -0.269. The second-order valence-electron chi connectivity index (χ2n) is 6.15. The van der Waals surface area contributed by atoms with Crippen LogP contribution >= 0.6 is 0 Å². The number of methoxy groups -OCH3 is 1. The van der Waals surface area contributed by atoms with Gasteiger partial charge < -0.3 is 9.15 Å². The van der Waals surface area contributed by atoms with Gasteiger partial charge in [0.2, 0.25) is 5.78 Å². The summed E-state index contributed by atoms with van der Waals surface area (Å²) < 4.78 is 10.8. The molecule has 0 saturated heterocycles. The number of nitro benzene ring substituents is 2. The zero-order chi connectivity index (χ0) is 22.5. The molecule has 1 aromatic heterocycles. The first kappa shape index (κ1) is 20.9. The SMILES string of the molecule is COc1cc([N+](=O)[O-])ccc1-c1ccc(/C=C(\C#N)C(=O)c2cccc([N+](=O)[O-])c2)o1. The molecular formula is C21H13N3O7. The van der Waals surface area contributed by atoms with E-state index in [-0.39, 0.29) is 34.0 Å². The third-order valence-electron chi connectivity index (χ3n) is 4.26. The fraction of sp³-hybridized carbons (Fsp3) is 0.0476. The van der Waals surface area contributed by atoms with Crippen LogP contribution in [0, 0.1) is 31.6 Å². The van der Waals surface area contributed by atoms with Crippen molar-refractivity contribution in [1.82, 2.24) is 0 Å². The van der Waals surface area contributed by atoms with Crippen molar-refractivity contribution in [3.05, 3.63) is 91.7 Å². The molecule has 0 fully saturated rings. The largest absolute Gasteiger partial charge is 0.496 e. The molecule has 0 amide bonds. The molecule has 0 aliphatic carbocycles. The molecule has 0 radical (unpaired) electrons. The molecule has 154 valence electrons. The van der Waals surface area contributed by atoms with Crippen molar-refractivity contribution < 1.29 is 23.8 Å². The highest BCUT2D eigenvalue weighted by Gasteiger charge is 2.18. The lowest BCUT2D eigenvalue weighted by Gasteiger charge is -2.05. The average molecular weight is 419 g/mol. The van der Waals surface area contributed by atoms with Gasteiger partial charge in [0.05, 0.1) is 28.6 Å². The summed E-state index contributed by atoms with van der Waals surface area (Å²) in [4.78, 5) is 33.2. The lowest BCUT2D eigenvalue weighted by atomic mass is 10.0. The topological polar surface area (TPSA) is 150 Å². The zero-order valence-electron chi connectivity index (χ0n) is 16.0. The molecular weight excluding hydrogens is 406 g/mol. The van der Waals surface area contributed by atoms with E-state index in [0.717, 1.165) is 6.07 Å². The Morgan fingerprint density at radius 3 is 2.42 bits per heavy atom. The van der Waals surface area contributed by atoms with Crippen molar-refractivity contribution in [1.29, 1.82) is 5.26 Å². The molecule has 3 rings (SSSR count). The Morgan fingerprint density at radius 1 is 1.06 bits per heavy atom. The number of nitrogens with zero attached hydrogens (tertiary/aromatic N) is 3. The lowest BCUT2D eigenvalue weighted by molar-refractivity contribution is -0.385. The first-order valence-corrected chi connectivity index (χ1v) is 8.67. The van der Waals surface area contributed by atoms with Gasteiger partial charge in [0.1, 0.15) is 28.9 Å². The van der Waals surface area contributed by atoms with E-state index >= 15 is 0 Å². The summed E-state index contributed by atoms with van der Waals surface area (Å²) in [5, 5.41) is 31.2. The summed E-state index contributed by atoms with van der Waals surface area (Å²) in [6, 6.07) is 13.9. The van der Waals surface area contributed by atoms with Gasteiger partial charge in [-0.05, 0) is 18.2 Å². The summed E-state index contributed by atoms with van der Waals surface area (Å²) in [7, 11) is 1.36. The number of Topliss-reactive ketones (excluding diaryl/α,β-unsaturated/α-hetero) is 1. The smallest absolute Gasteiger partial charge is 0.273 e. The van der Waals surface area contributed by atoms with E-state index in [1.807, 2.05) is 0 Å². The number of carbonyl (C=O) groups is 1. The van der Waals surface area contributed by atoms with Crippen molar-refractivity contribution in [3.8, 4) is 23.1 Å². The van der Waals surface area contributed by atoms with Crippen LogP contribution in [0.1, 0.15) is 16.1 Å². The van der Waals surface area contributed by atoms with Gasteiger partial charge >= 0.3 is 0 Å². The third kappa shape index (κ3) is 4.46. The van der Waals surface area contributed by atoms with Crippen molar-refractivity contribution in [2.24, 2.45) is 0 Å². The van der Waals surface area contributed by atoms with Crippen molar-refractivity contribution in [3.63, 3.8) is 0 Å². The van der Waals surface area contributed by atoms with Gasteiger partial charge in [0, 0.05) is 29.8 Å². The van der Waals surface area contributed by atoms with Crippen molar-refractivity contribution >= 4 is 23.2 Å². The van der Waals surface area contributed by atoms with E-state index < -0.39 is 15.6 Å². The van der Waals surface area contributed by atoms with E-state index in [4.69, 9.17) is 9.15 Å². The van der Waals surface area contributed by atoms with Gasteiger partial charge in [-0.15, -0.1) is 0 Å². The number of nitriles is 1. The fourth-order valence-electron chi connectivity index (χ4n) is 2.78. The van der Waals surface area contributed by atoms with Crippen LogP contribution in [0.2, 0.25) is 0 Å². The summed E-state index contributed by atoms with van der Waals surface area (Å²) >= 11 is 0. The molecule has 0 saturated carbocycles. The maximum absolute atomic E-state index is 12.6. The van der Waals surface area contributed by atoms with Gasteiger partial charge in [-0.25, -0.2) is 0 Å². The number of benzene rings is 2. The predicted octanol–water partition coefficient (Wildman–Crippen LogP) is 4.56. The van der Waals surface area contributed by atoms with Crippen molar-refractivity contribution in [2.45, 2.75) is 0 Å². The van der Waals surface area contributed by atoms with E-state index in [1.165, 1.54) is 55.7 Å². The number of carbonyl (C=O) groups excluding carboxylic acids is 1. The first-order valence-electron chi connectivity index (χ1n) is 8.67. The normalized spacial score (nSPS) is 10.9. The van der Waals surface area contributed by atoms with Crippen LogP contribution in [0.15, 0.2) is 64.6 Å². The number of non-ortho nitro benzene ring substituents is 2. The Bertz CT molecular complexity index is 1270. The van der Waals surface area contributed by atoms with Crippen LogP contribution in [-0.4, -0.2) is 22.7 Å². The second-order valence-corrected chi connectivity index (χ2v) is 6.15. The maximum atomic E-state index is 12.6. The number of rotatable bonds is 7. The van der Waals surface area contributed by atoms with Gasteiger partial charge in [0.25, 0.3) is 11.4 Å². The Hall–Kier alpha value is -4.78. The molecule has 10 heteroatoms. The van der Waals surface area contributed by atoms with Crippen LogP contribution in [0.25, 0.3) is 17.4 Å². The highest BCUT2D eigenvalue weighted by molar-refractivity contribution is 6.14. The highest BCUT2D eigenvalue weighted by Crippen LogP contribution is 2.34. The minimum atomic E-state index is -0.697. The number of ketones is 1. The Balaban J connectivity index is 1.94. The van der Waals surface area contributed by atoms with Crippen LogP contribution in [0.3, 0.4) is 0 Å². The molecule has 0 bridgehead atoms. The minimum absolute atomic E-state index is 0.00850. The molecule has 0 N–H and O–H groups in total.